The smallest absolute Gasteiger partial charge is 0.313 e. The first-order valence-corrected chi connectivity index (χ1v) is 10.6. The van der Waals surface area contributed by atoms with Crippen LogP contribution in [0, 0.1) is 18.8 Å². The second kappa shape index (κ2) is 8.84. The molecule has 1 saturated carbocycles. The molecule has 156 valence electrons. The third-order valence-electron chi connectivity index (χ3n) is 5.81. The Morgan fingerprint density at radius 2 is 1.97 bits per heavy atom. The molecule has 5 heteroatoms. The maximum Gasteiger partial charge on any atom is 0.313 e. The summed E-state index contributed by atoms with van der Waals surface area (Å²) < 4.78 is 11.4. The van der Waals surface area contributed by atoms with E-state index in [1.807, 2.05) is 56.3 Å². The van der Waals surface area contributed by atoms with Crippen molar-refractivity contribution >= 4 is 16.9 Å². The molecule has 0 amide bonds. The number of para-hydroxylation sites is 1. The van der Waals surface area contributed by atoms with Gasteiger partial charge in [0.05, 0.1) is 18.0 Å². The topological polar surface area (TPSA) is 74.4 Å². The van der Waals surface area contributed by atoms with Gasteiger partial charge < -0.3 is 15.2 Å². The highest BCUT2D eigenvalue weighted by atomic mass is 16.5. The molecule has 30 heavy (non-hydrogen) atoms. The van der Waals surface area contributed by atoms with E-state index < -0.39 is 0 Å². The number of carbonyl (C=O) groups excluding carboxylic acids is 1. The minimum atomic E-state index is -0.251. The van der Waals surface area contributed by atoms with Crippen LogP contribution in [0.15, 0.2) is 54.6 Å². The average Bonchev–Trinajstić information content (AvgIpc) is 3.52. The van der Waals surface area contributed by atoms with Crippen molar-refractivity contribution in [1.82, 2.24) is 4.98 Å². The van der Waals surface area contributed by atoms with Gasteiger partial charge in [0.25, 0.3) is 0 Å². The molecule has 0 bridgehead atoms. The fourth-order valence-corrected chi connectivity index (χ4v) is 4.19. The zero-order valence-electron chi connectivity index (χ0n) is 17.5. The van der Waals surface area contributed by atoms with Crippen LogP contribution in [0.1, 0.15) is 36.1 Å². The van der Waals surface area contributed by atoms with E-state index in [0.717, 1.165) is 39.9 Å². The first kappa shape index (κ1) is 20.4. The van der Waals surface area contributed by atoms with Gasteiger partial charge in [0.1, 0.15) is 12.4 Å². The number of rotatable bonds is 8. The minimum Gasteiger partial charge on any atom is -0.489 e. The summed E-state index contributed by atoms with van der Waals surface area (Å²) in [7, 11) is 0. The molecule has 3 aromatic rings. The van der Waals surface area contributed by atoms with Gasteiger partial charge in [-0.15, -0.1) is 0 Å². The largest absolute Gasteiger partial charge is 0.489 e. The first-order chi connectivity index (χ1) is 14.6. The number of nitrogens with zero attached hydrogens (tertiary/aromatic N) is 1. The van der Waals surface area contributed by atoms with Crippen molar-refractivity contribution in [1.29, 1.82) is 0 Å². The number of pyridine rings is 1. The van der Waals surface area contributed by atoms with Crippen molar-refractivity contribution < 1.29 is 14.3 Å². The number of hydrogen-bond donors (Lipinski definition) is 1. The van der Waals surface area contributed by atoms with Crippen molar-refractivity contribution in [3.8, 4) is 5.75 Å². The van der Waals surface area contributed by atoms with Crippen LogP contribution >= 0.6 is 0 Å². The number of ether oxygens (including phenoxy) is 2. The summed E-state index contributed by atoms with van der Waals surface area (Å²) in [6.45, 7) is 5.29. The van der Waals surface area contributed by atoms with E-state index in [9.17, 15) is 4.79 Å². The van der Waals surface area contributed by atoms with Crippen LogP contribution in [-0.2, 0) is 16.1 Å². The predicted octanol–water partition coefficient (Wildman–Crippen LogP) is 4.36. The van der Waals surface area contributed by atoms with E-state index in [4.69, 9.17) is 15.2 Å². The number of esters is 1. The van der Waals surface area contributed by atoms with Gasteiger partial charge in [0.2, 0.25) is 0 Å². The molecule has 0 radical (unpaired) electrons. The predicted molar refractivity (Wildman–Crippen MR) is 117 cm³/mol. The molecule has 0 spiro atoms. The van der Waals surface area contributed by atoms with Gasteiger partial charge in [-0.2, -0.15) is 0 Å². The van der Waals surface area contributed by atoms with Gasteiger partial charge in [0.15, 0.2) is 0 Å². The molecular formula is C25H28N2O3. The summed E-state index contributed by atoms with van der Waals surface area (Å²) in [6.07, 6.45) is 0.979. The number of aryl methyl sites for hydroxylation is 1. The van der Waals surface area contributed by atoms with Gasteiger partial charge in [-0.05, 0) is 68.5 Å². The lowest BCUT2D eigenvalue weighted by Gasteiger charge is -2.17. The SMILES string of the molecule is CCOC(=O)C(c1ccc(OCc2cc(C)nc3ccccc23)cc1)[C@@H]1C[C@@H]1CN. The van der Waals surface area contributed by atoms with E-state index in [1.54, 1.807) is 0 Å². The Bertz CT molecular complexity index is 1030. The number of carbonyl (C=O) groups is 1. The molecule has 5 nitrogen and oxygen atoms in total. The maximum absolute atomic E-state index is 12.5. The third kappa shape index (κ3) is 4.31. The van der Waals surface area contributed by atoms with Gasteiger partial charge in [-0.3, -0.25) is 9.78 Å². The minimum absolute atomic E-state index is 0.161. The van der Waals surface area contributed by atoms with Crippen LogP contribution in [-0.4, -0.2) is 24.1 Å². The van der Waals surface area contributed by atoms with Crippen molar-refractivity contribution in [2.75, 3.05) is 13.2 Å². The first-order valence-electron chi connectivity index (χ1n) is 10.6. The van der Waals surface area contributed by atoms with Crippen LogP contribution in [0.25, 0.3) is 10.9 Å². The van der Waals surface area contributed by atoms with E-state index in [1.165, 1.54) is 0 Å². The molecule has 1 aromatic heterocycles. The van der Waals surface area contributed by atoms with Crippen molar-refractivity contribution in [3.63, 3.8) is 0 Å². The Hall–Kier alpha value is -2.92. The molecule has 1 fully saturated rings. The molecule has 3 atom stereocenters. The van der Waals surface area contributed by atoms with Crippen LogP contribution in [0.3, 0.4) is 0 Å². The Morgan fingerprint density at radius 3 is 2.67 bits per heavy atom. The molecule has 0 saturated heterocycles. The van der Waals surface area contributed by atoms with E-state index in [-0.39, 0.29) is 17.8 Å². The van der Waals surface area contributed by atoms with Crippen molar-refractivity contribution in [3.05, 3.63) is 71.4 Å². The highest BCUT2D eigenvalue weighted by molar-refractivity contribution is 5.82. The number of fused-ring (bicyclic) bond motifs is 1. The fraction of sp³-hybridized carbons (Fsp3) is 0.360. The summed E-state index contributed by atoms with van der Waals surface area (Å²) in [5, 5.41) is 1.10. The van der Waals surface area contributed by atoms with Crippen LogP contribution < -0.4 is 10.5 Å². The van der Waals surface area contributed by atoms with E-state index >= 15 is 0 Å². The fourth-order valence-electron chi connectivity index (χ4n) is 4.19. The Kier molecular flexibility index (Phi) is 6.00. The second-order valence-corrected chi connectivity index (χ2v) is 7.92. The molecule has 1 unspecified atom stereocenters. The lowest BCUT2D eigenvalue weighted by Crippen LogP contribution is -2.20. The summed E-state index contributed by atoms with van der Waals surface area (Å²) in [4.78, 5) is 17.1. The molecule has 1 heterocycles. The molecule has 1 aliphatic carbocycles. The van der Waals surface area contributed by atoms with E-state index in [0.29, 0.717) is 25.7 Å². The Morgan fingerprint density at radius 1 is 1.20 bits per heavy atom. The van der Waals surface area contributed by atoms with Crippen molar-refractivity contribution in [2.24, 2.45) is 17.6 Å². The molecule has 2 N–H and O–H groups in total. The number of nitrogens with two attached hydrogens (primary N) is 1. The zero-order valence-corrected chi connectivity index (χ0v) is 17.5. The van der Waals surface area contributed by atoms with E-state index in [2.05, 4.69) is 17.1 Å². The number of aromatic nitrogens is 1. The highest BCUT2D eigenvalue weighted by Gasteiger charge is 2.46. The maximum atomic E-state index is 12.5. The molecule has 2 aromatic carbocycles. The molecule has 0 aliphatic heterocycles. The van der Waals surface area contributed by atoms with Crippen LogP contribution in [0.5, 0.6) is 5.75 Å². The standard InChI is InChI=1S/C25H28N2O3/c1-3-29-25(28)24(22-13-18(22)14-26)17-8-10-20(11-9-17)30-15-19-12-16(2)27-23-7-5-4-6-21(19)23/h4-12,18,22,24H,3,13-15,26H2,1-2H3/t18-,22-,24?/m1/s1. The Labute approximate surface area is 177 Å². The summed E-state index contributed by atoms with van der Waals surface area (Å²) >= 11 is 0. The number of hydrogen-bond acceptors (Lipinski definition) is 5. The summed E-state index contributed by atoms with van der Waals surface area (Å²) in [5.41, 5.74) is 9.82. The summed E-state index contributed by atoms with van der Waals surface area (Å²) in [6, 6.07) is 18.0. The lowest BCUT2D eigenvalue weighted by atomic mass is 9.93. The van der Waals surface area contributed by atoms with Crippen molar-refractivity contribution in [2.45, 2.75) is 32.8 Å². The van der Waals surface area contributed by atoms with Gasteiger partial charge in [-0.25, -0.2) is 0 Å². The Balaban J connectivity index is 1.49. The van der Waals surface area contributed by atoms with Gasteiger partial charge in [-0.1, -0.05) is 30.3 Å². The molecular weight excluding hydrogens is 376 g/mol. The lowest BCUT2D eigenvalue weighted by molar-refractivity contribution is -0.145. The average molecular weight is 405 g/mol. The van der Waals surface area contributed by atoms with Crippen LogP contribution in [0.2, 0.25) is 0 Å². The second-order valence-electron chi connectivity index (χ2n) is 7.92. The zero-order chi connectivity index (χ0) is 21.1. The summed E-state index contributed by atoms with van der Waals surface area (Å²) in [5.74, 6) is 1.03. The number of benzene rings is 2. The normalized spacial score (nSPS) is 18.8. The van der Waals surface area contributed by atoms with Crippen LogP contribution in [0.4, 0.5) is 0 Å². The quantitative estimate of drug-likeness (QED) is 0.565. The molecule has 4 rings (SSSR count). The van der Waals surface area contributed by atoms with Gasteiger partial charge in [0, 0.05) is 16.6 Å². The van der Waals surface area contributed by atoms with Gasteiger partial charge >= 0.3 is 5.97 Å². The third-order valence-corrected chi connectivity index (χ3v) is 5.81. The molecule has 1 aliphatic rings. The monoisotopic (exact) mass is 404 g/mol. The highest BCUT2D eigenvalue weighted by Crippen LogP contribution is 2.48.